The van der Waals surface area contributed by atoms with Gasteiger partial charge in [-0.3, -0.25) is 9.59 Å². The van der Waals surface area contributed by atoms with E-state index >= 15 is 0 Å². The van der Waals surface area contributed by atoms with Crippen LogP contribution in [0, 0.1) is 5.92 Å². The fourth-order valence-electron chi connectivity index (χ4n) is 1.99. The van der Waals surface area contributed by atoms with Crippen LogP contribution in [0.25, 0.3) is 0 Å². The van der Waals surface area contributed by atoms with Gasteiger partial charge in [-0.2, -0.15) is 11.8 Å². The smallest absolute Gasteiger partial charge is 0.305 e. The van der Waals surface area contributed by atoms with E-state index in [2.05, 4.69) is 5.32 Å². The van der Waals surface area contributed by atoms with E-state index in [1.54, 1.807) is 16.7 Å². The van der Waals surface area contributed by atoms with Crippen LogP contribution in [0.3, 0.4) is 0 Å². The molecule has 0 aromatic heterocycles. The number of nitrogens with one attached hydrogen (secondary N) is 1. The highest BCUT2D eigenvalue weighted by Gasteiger charge is 2.30. The summed E-state index contributed by atoms with van der Waals surface area (Å²) in [6.07, 6.45) is 0.0466. The summed E-state index contributed by atoms with van der Waals surface area (Å²) in [7, 11) is 1.81. The van der Waals surface area contributed by atoms with Crippen LogP contribution in [0.15, 0.2) is 0 Å². The monoisotopic (exact) mass is 260 g/mol. The van der Waals surface area contributed by atoms with Gasteiger partial charge in [-0.05, 0) is 7.05 Å². The van der Waals surface area contributed by atoms with Crippen LogP contribution < -0.4 is 5.32 Å². The Morgan fingerprint density at radius 2 is 2.29 bits per heavy atom. The Hall–Kier alpha value is -0.750. The normalized spacial score (nSPS) is 22.2. The molecule has 1 amide bonds. The van der Waals surface area contributed by atoms with Crippen LogP contribution in [0.4, 0.5) is 0 Å². The van der Waals surface area contributed by atoms with Crippen LogP contribution in [0.2, 0.25) is 0 Å². The number of carboxylic acids is 1. The molecule has 0 bridgehead atoms. The topological polar surface area (TPSA) is 69.6 Å². The highest BCUT2D eigenvalue weighted by Crippen LogP contribution is 2.20. The minimum Gasteiger partial charge on any atom is -0.481 e. The van der Waals surface area contributed by atoms with Gasteiger partial charge in [-0.25, -0.2) is 0 Å². The number of carboxylic acid groups (broad SMARTS) is 1. The molecule has 1 heterocycles. The number of carbonyl (C=O) groups excluding carboxylic acids is 1. The molecule has 6 heteroatoms. The maximum Gasteiger partial charge on any atom is 0.305 e. The molecule has 0 spiro atoms. The second kappa shape index (κ2) is 6.86. The summed E-state index contributed by atoms with van der Waals surface area (Å²) in [6, 6.07) is -0.155. The first-order chi connectivity index (χ1) is 8.06. The number of aliphatic carboxylic acids is 1. The molecule has 0 radical (unpaired) electrons. The average molecular weight is 260 g/mol. The standard InChI is InChI=1S/C11H20N2O3S/c1-8(6-12-2)11(16)13-3-4-17-7-9(13)5-10(14)15/h8-9,12H,3-7H2,1-2H3,(H,14,15). The van der Waals surface area contributed by atoms with E-state index in [0.29, 0.717) is 13.1 Å². The third-order valence-electron chi connectivity index (χ3n) is 2.85. The first kappa shape index (κ1) is 14.3. The molecule has 5 nitrogen and oxygen atoms in total. The van der Waals surface area contributed by atoms with Crippen LogP contribution in [-0.4, -0.2) is 59.6 Å². The number of thioether (sulfide) groups is 1. The number of carbonyl (C=O) groups is 2. The lowest BCUT2D eigenvalue weighted by Gasteiger charge is -2.36. The number of rotatable bonds is 5. The highest BCUT2D eigenvalue weighted by molar-refractivity contribution is 7.99. The molecule has 1 saturated heterocycles. The summed E-state index contributed by atoms with van der Waals surface area (Å²) in [5.41, 5.74) is 0. The molecule has 2 atom stereocenters. The molecule has 0 aromatic carbocycles. The minimum absolute atomic E-state index is 0.0466. The Morgan fingerprint density at radius 1 is 1.59 bits per heavy atom. The van der Waals surface area contributed by atoms with Crippen LogP contribution in [0.1, 0.15) is 13.3 Å². The van der Waals surface area contributed by atoms with Crippen molar-refractivity contribution in [2.75, 3.05) is 31.6 Å². The van der Waals surface area contributed by atoms with Gasteiger partial charge in [-0.15, -0.1) is 0 Å². The van der Waals surface area contributed by atoms with E-state index in [9.17, 15) is 9.59 Å². The van der Waals surface area contributed by atoms with E-state index in [-0.39, 0.29) is 24.3 Å². The molecular weight excluding hydrogens is 240 g/mol. The lowest BCUT2D eigenvalue weighted by Crippen LogP contribution is -2.50. The van der Waals surface area contributed by atoms with Gasteiger partial charge in [0.1, 0.15) is 0 Å². The zero-order valence-corrected chi connectivity index (χ0v) is 11.1. The predicted octanol–water partition coefficient (Wildman–Crippen LogP) is 0.261. The number of amides is 1. The molecule has 1 rings (SSSR count). The molecule has 2 N–H and O–H groups in total. The Bertz CT molecular complexity index is 286. The molecule has 2 unspecified atom stereocenters. The summed E-state index contributed by atoms with van der Waals surface area (Å²) >= 11 is 1.72. The largest absolute Gasteiger partial charge is 0.481 e. The van der Waals surface area contributed by atoms with Crippen molar-refractivity contribution in [3.63, 3.8) is 0 Å². The molecule has 0 aromatic rings. The summed E-state index contributed by atoms with van der Waals surface area (Å²) in [6.45, 7) is 3.16. The van der Waals surface area contributed by atoms with E-state index in [1.165, 1.54) is 0 Å². The number of nitrogens with zero attached hydrogens (tertiary/aromatic N) is 1. The van der Waals surface area contributed by atoms with Crippen molar-refractivity contribution < 1.29 is 14.7 Å². The molecule has 0 aliphatic carbocycles. The minimum atomic E-state index is -0.837. The maximum absolute atomic E-state index is 12.2. The van der Waals surface area contributed by atoms with Crippen molar-refractivity contribution in [3.05, 3.63) is 0 Å². The van der Waals surface area contributed by atoms with Crippen LogP contribution >= 0.6 is 11.8 Å². The number of hydrogen-bond donors (Lipinski definition) is 2. The third kappa shape index (κ3) is 4.20. The van der Waals surface area contributed by atoms with Crippen molar-refractivity contribution in [1.29, 1.82) is 0 Å². The van der Waals surface area contributed by atoms with Crippen molar-refractivity contribution >= 4 is 23.6 Å². The average Bonchev–Trinajstić information content (AvgIpc) is 2.28. The number of hydrogen-bond acceptors (Lipinski definition) is 4. The Morgan fingerprint density at radius 3 is 2.88 bits per heavy atom. The molecular formula is C11H20N2O3S. The molecule has 17 heavy (non-hydrogen) atoms. The quantitative estimate of drug-likeness (QED) is 0.742. The van der Waals surface area contributed by atoms with Gasteiger partial charge in [0.15, 0.2) is 0 Å². The Labute approximate surface area is 106 Å². The predicted molar refractivity (Wildman–Crippen MR) is 68.2 cm³/mol. The molecule has 98 valence electrons. The second-order valence-electron chi connectivity index (χ2n) is 4.32. The lowest BCUT2D eigenvalue weighted by molar-refractivity contribution is -0.141. The van der Waals surface area contributed by atoms with E-state index in [0.717, 1.165) is 11.5 Å². The molecule has 1 fully saturated rings. The summed E-state index contributed by atoms with van der Waals surface area (Å²) in [4.78, 5) is 24.7. The van der Waals surface area contributed by atoms with Crippen LogP contribution in [0.5, 0.6) is 0 Å². The van der Waals surface area contributed by atoms with Crippen molar-refractivity contribution in [2.45, 2.75) is 19.4 Å². The summed E-state index contributed by atoms with van der Waals surface area (Å²) < 4.78 is 0. The Kier molecular flexibility index (Phi) is 5.77. The van der Waals surface area contributed by atoms with Gasteiger partial charge in [0.2, 0.25) is 5.91 Å². The van der Waals surface area contributed by atoms with E-state index < -0.39 is 5.97 Å². The summed E-state index contributed by atoms with van der Waals surface area (Å²) in [5.74, 6) is 0.750. The maximum atomic E-state index is 12.2. The van der Waals surface area contributed by atoms with Crippen molar-refractivity contribution in [1.82, 2.24) is 10.2 Å². The molecule has 0 saturated carbocycles. The van der Waals surface area contributed by atoms with Gasteiger partial charge in [0.05, 0.1) is 12.5 Å². The second-order valence-corrected chi connectivity index (χ2v) is 5.47. The van der Waals surface area contributed by atoms with Gasteiger partial charge < -0.3 is 15.3 Å². The fourth-order valence-corrected chi connectivity index (χ4v) is 3.05. The Balaban J connectivity index is 2.63. The van der Waals surface area contributed by atoms with Gasteiger partial charge in [-0.1, -0.05) is 6.92 Å². The first-order valence-electron chi connectivity index (χ1n) is 5.81. The van der Waals surface area contributed by atoms with Crippen LogP contribution in [-0.2, 0) is 9.59 Å². The summed E-state index contributed by atoms with van der Waals surface area (Å²) in [5, 5.41) is 11.8. The lowest BCUT2D eigenvalue weighted by atomic mass is 10.1. The fraction of sp³-hybridized carbons (Fsp3) is 0.818. The van der Waals surface area contributed by atoms with Crippen molar-refractivity contribution in [3.8, 4) is 0 Å². The van der Waals surface area contributed by atoms with E-state index in [1.807, 2.05) is 14.0 Å². The van der Waals surface area contributed by atoms with Crippen molar-refractivity contribution in [2.24, 2.45) is 5.92 Å². The zero-order valence-electron chi connectivity index (χ0n) is 10.3. The SMILES string of the molecule is CNCC(C)C(=O)N1CCSCC1CC(=O)O. The van der Waals surface area contributed by atoms with Gasteiger partial charge >= 0.3 is 5.97 Å². The molecule has 1 aliphatic heterocycles. The van der Waals surface area contributed by atoms with Gasteiger partial charge in [0, 0.05) is 30.5 Å². The van der Waals surface area contributed by atoms with Gasteiger partial charge in [0.25, 0.3) is 0 Å². The third-order valence-corrected chi connectivity index (χ3v) is 3.94. The van der Waals surface area contributed by atoms with E-state index in [4.69, 9.17) is 5.11 Å². The zero-order chi connectivity index (χ0) is 12.8. The highest BCUT2D eigenvalue weighted by atomic mass is 32.2. The first-order valence-corrected chi connectivity index (χ1v) is 6.96. The molecule has 1 aliphatic rings.